The third-order valence-electron chi connectivity index (χ3n) is 2.26. The first kappa shape index (κ1) is 16.1. The van der Waals surface area contributed by atoms with Gasteiger partial charge in [0.2, 0.25) is 15.9 Å². The zero-order valence-corrected chi connectivity index (χ0v) is 12.1. The maximum absolute atomic E-state index is 11.9. The number of nitrogens with zero attached hydrogens (tertiary/aromatic N) is 2. The standard InChI is InChI=1S/C12H16N4O3S/c1-9(2)16-12(17)5-6-15-20(18,19)11-4-3-10(7-13)14-8-11/h3-4,8-9,15H,5-6H2,1-2H3,(H,16,17). The summed E-state index contributed by atoms with van der Waals surface area (Å²) in [7, 11) is -3.71. The van der Waals surface area contributed by atoms with E-state index in [0.717, 1.165) is 6.20 Å². The highest BCUT2D eigenvalue weighted by atomic mass is 32.2. The summed E-state index contributed by atoms with van der Waals surface area (Å²) in [6.45, 7) is 3.65. The number of sulfonamides is 1. The quantitative estimate of drug-likeness (QED) is 0.776. The fourth-order valence-corrected chi connectivity index (χ4v) is 2.36. The van der Waals surface area contributed by atoms with Gasteiger partial charge in [-0.1, -0.05) is 0 Å². The van der Waals surface area contributed by atoms with Crippen LogP contribution in [0.15, 0.2) is 23.2 Å². The number of carbonyl (C=O) groups excluding carboxylic acids is 1. The van der Waals surface area contributed by atoms with E-state index in [1.807, 2.05) is 13.8 Å². The van der Waals surface area contributed by atoms with E-state index in [4.69, 9.17) is 5.26 Å². The Bertz CT molecular complexity index is 603. The first-order valence-electron chi connectivity index (χ1n) is 6.00. The Morgan fingerprint density at radius 3 is 2.65 bits per heavy atom. The first-order chi connectivity index (χ1) is 9.35. The molecule has 0 aliphatic heterocycles. The predicted octanol–water partition coefficient (Wildman–Crippen LogP) is 0.146. The molecule has 0 aliphatic rings. The van der Waals surface area contributed by atoms with Crippen LogP contribution in [0.25, 0.3) is 0 Å². The Labute approximate surface area is 118 Å². The maximum Gasteiger partial charge on any atom is 0.242 e. The van der Waals surface area contributed by atoms with Crippen LogP contribution in [-0.4, -0.2) is 31.9 Å². The average molecular weight is 296 g/mol. The molecule has 1 aromatic heterocycles. The minimum absolute atomic E-state index is 0.000881. The second-order valence-corrected chi connectivity index (χ2v) is 6.13. The SMILES string of the molecule is CC(C)NC(=O)CCNS(=O)(=O)c1ccc(C#N)nc1. The van der Waals surface area contributed by atoms with Gasteiger partial charge in [0.15, 0.2) is 0 Å². The number of rotatable bonds is 6. The van der Waals surface area contributed by atoms with E-state index in [1.165, 1.54) is 12.1 Å². The third-order valence-corrected chi connectivity index (χ3v) is 3.70. The Hall–Kier alpha value is -1.98. The van der Waals surface area contributed by atoms with Crippen molar-refractivity contribution in [2.45, 2.75) is 31.2 Å². The molecule has 0 aliphatic carbocycles. The van der Waals surface area contributed by atoms with Gasteiger partial charge >= 0.3 is 0 Å². The normalized spacial score (nSPS) is 11.1. The minimum Gasteiger partial charge on any atom is -0.354 e. The molecule has 0 atom stereocenters. The number of nitriles is 1. The summed E-state index contributed by atoms with van der Waals surface area (Å²) in [5.41, 5.74) is 0.139. The molecule has 1 aromatic rings. The molecule has 20 heavy (non-hydrogen) atoms. The van der Waals surface area contributed by atoms with Gasteiger partial charge in [0, 0.05) is 25.2 Å². The zero-order chi connectivity index (χ0) is 15.2. The van der Waals surface area contributed by atoms with Gasteiger partial charge in [-0.15, -0.1) is 0 Å². The Morgan fingerprint density at radius 2 is 2.15 bits per heavy atom. The second kappa shape index (κ2) is 6.98. The third kappa shape index (κ3) is 4.95. The van der Waals surface area contributed by atoms with Gasteiger partial charge in [0.25, 0.3) is 0 Å². The van der Waals surface area contributed by atoms with Crippen molar-refractivity contribution in [3.63, 3.8) is 0 Å². The van der Waals surface area contributed by atoms with E-state index < -0.39 is 10.0 Å². The lowest BCUT2D eigenvalue weighted by Gasteiger charge is -2.09. The van der Waals surface area contributed by atoms with Crippen LogP contribution in [0.4, 0.5) is 0 Å². The largest absolute Gasteiger partial charge is 0.354 e. The monoisotopic (exact) mass is 296 g/mol. The van der Waals surface area contributed by atoms with E-state index in [9.17, 15) is 13.2 Å². The van der Waals surface area contributed by atoms with Crippen LogP contribution in [0.1, 0.15) is 26.0 Å². The molecule has 0 spiro atoms. The van der Waals surface area contributed by atoms with Crippen LogP contribution in [0.2, 0.25) is 0 Å². The summed E-state index contributed by atoms with van der Waals surface area (Å²) in [5, 5.41) is 11.2. The van der Waals surface area contributed by atoms with Crippen molar-refractivity contribution >= 4 is 15.9 Å². The lowest BCUT2D eigenvalue weighted by molar-refractivity contribution is -0.121. The molecule has 0 saturated carbocycles. The smallest absolute Gasteiger partial charge is 0.242 e. The molecule has 0 radical (unpaired) electrons. The van der Waals surface area contributed by atoms with Gasteiger partial charge in [0.1, 0.15) is 16.7 Å². The van der Waals surface area contributed by atoms with Crippen molar-refractivity contribution in [2.75, 3.05) is 6.54 Å². The van der Waals surface area contributed by atoms with E-state index in [2.05, 4.69) is 15.0 Å². The van der Waals surface area contributed by atoms with Crippen molar-refractivity contribution in [2.24, 2.45) is 0 Å². The van der Waals surface area contributed by atoms with Crippen molar-refractivity contribution in [1.82, 2.24) is 15.0 Å². The van der Waals surface area contributed by atoms with Crippen molar-refractivity contribution in [3.05, 3.63) is 24.0 Å². The van der Waals surface area contributed by atoms with Gasteiger partial charge in [-0.05, 0) is 26.0 Å². The average Bonchev–Trinajstić information content (AvgIpc) is 2.37. The topological polar surface area (TPSA) is 112 Å². The lowest BCUT2D eigenvalue weighted by Crippen LogP contribution is -2.34. The number of hydrogen-bond donors (Lipinski definition) is 2. The van der Waals surface area contributed by atoms with Gasteiger partial charge in [-0.2, -0.15) is 5.26 Å². The number of amides is 1. The van der Waals surface area contributed by atoms with Crippen LogP contribution in [-0.2, 0) is 14.8 Å². The summed E-state index contributed by atoms with van der Waals surface area (Å²) >= 11 is 0. The summed E-state index contributed by atoms with van der Waals surface area (Å²) < 4.78 is 26.0. The first-order valence-corrected chi connectivity index (χ1v) is 7.48. The molecule has 0 aromatic carbocycles. The number of carbonyl (C=O) groups is 1. The van der Waals surface area contributed by atoms with E-state index >= 15 is 0 Å². The van der Waals surface area contributed by atoms with Crippen LogP contribution in [0.5, 0.6) is 0 Å². The molecule has 8 heteroatoms. The Morgan fingerprint density at radius 1 is 1.45 bits per heavy atom. The molecule has 1 amide bonds. The van der Waals surface area contributed by atoms with Gasteiger partial charge in [0.05, 0.1) is 0 Å². The molecule has 108 valence electrons. The lowest BCUT2D eigenvalue weighted by atomic mass is 10.3. The minimum atomic E-state index is -3.71. The van der Waals surface area contributed by atoms with Gasteiger partial charge < -0.3 is 5.32 Å². The summed E-state index contributed by atoms with van der Waals surface area (Å²) in [5.74, 6) is -0.222. The second-order valence-electron chi connectivity index (χ2n) is 4.36. The van der Waals surface area contributed by atoms with Crippen LogP contribution < -0.4 is 10.0 Å². The highest BCUT2D eigenvalue weighted by molar-refractivity contribution is 7.89. The van der Waals surface area contributed by atoms with Crippen molar-refractivity contribution in [3.8, 4) is 6.07 Å². The zero-order valence-electron chi connectivity index (χ0n) is 11.3. The van der Waals surface area contributed by atoms with Crippen molar-refractivity contribution < 1.29 is 13.2 Å². The number of pyridine rings is 1. The fraction of sp³-hybridized carbons (Fsp3) is 0.417. The van der Waals surface area contributed by atoms with E-state index in [0.29, 0.717) is 0 Å². The van der Waals surface area contributed by atoms with Gasteiger partial charge in [-0.3, -0.25) is 4.79 Å². The molecule has 7 nitrogen and oxygen atoms in total. The van der Waals surface area contributed by atoms with Crippen molar-refractivity contribution in [1.29, 1.82) is 5.26 Å². The molecule has 0 fully saturated rings. The van der Waals surface area contributed by atoms with Crippen LogP contribution in [0.3, 0.4) is 0 Å². The highest BCUT2D eigenvalue weighted by Crippen LogP contribution is 2.07. The van der Waals surface area contributed by atoms with Crippen LogP contribution in [0, 0.1) is 11.3 Å². The molecule has 2 N–H and O–H groups in total. The number of nitrogens with one attached hydrogen (secondary N) is 2. The summed E-state index contributed by atoms with van der Waals surface area (Å²) in [4.78, 5) is 15.0. The maximum atomic E-state index is 11.9. The molecule has 0 saturated heterocycles. The Kier molecular flexibility index (Phi) is 5.61. The molecule has 0 unspecified atom stereocenters. The predicted molar refractivity (Wildman–Crippen MR) is 72.0 cm³/mol. The molecule has 0 bridgehead atoms. The Balaban J connectivity index is 2.57. The summed E-state index contributed by atoms with van der Waals surface area (Å²) in [6, 6.07) is 4.43. The van der Waals surface area contributed by atoms with Crippen LogP contribution >= 0.6 is 0 Å². The van der Waals surface area contributed by atoms with E-state index in [1.54, 1.807) is 6.07 Å². The molecular weight excluding hydrogens is 280 g/mol. The molecule has 1 heterocycles. The molecule has 1 rings (SSSR count). The fourth-order valence-electron chi connectivity index (χ4n) is 1.38. The van der Waals surface area contributed by atoms with Gasteiger partial charge in [-0.25, -0.2) is 18.1 Å². The number of aromatic nitrogens is 1. The number of hydrogen-bond acceptors (Lipinski definition) is 5. The summed E-state index contributed by atoms with van der Waals surface area (Å²) in [6.07, 6.45) is 1.16. The van der Waals surface area contributed by atoms with E-state index in [-0.39, 0.29) is 35.5 Å². The molecular formula is C12H16N4O3S. The highest BCUT2D eigenvalue weighted by Gasteiger charge is 2.14.